The number of fused-ring (bicyclic) bond motifs is 2. The van der Waals surface area contributed by atoms with Gasteiger partial charge in [0, 0.05) is 29.6 Å². The number of aliphatic hydroxyl groups excluding tert-OH is 1. The number of nitrogens with one attached hydrogen (secondary N) is 1. The Bertz CT molecular complexity index is 1590. The van der Waals surface area contributed by atoms with E-state index < -0.39 is 29.0 Å². The van der Waals surface area contributed by atoms with Crippen LogP contribution in [0, 0.1) is 22.6 Å². The van der Waals surface area contributed by atoms with E-state index in [1.807, 2.05) is 0 Å². The molecule has 2 aromatic carbocycles. The number of anilines is 1. The highest BCUT2D eigenvalue weighted by atomic mass is 19.3. The fourth-order valence-electron chi connectivity index (χ4n) is 5.69. The highest BCUT2D eigenvalue weighted by Crippen LogP contribution is 2.52. The molecule has 2 aliphatic carbocycles. The maximum absolute atomic E-state index is 15.5. The van der Waals surface area contributed by atoms with E-state index in [9.17, 15) is 23.6 Å². The quantitative estimate of drug-likeness (QED) is 0.219. The number of carbonyl (C=O) groups is 1. The molecule has 1 amide bonds. The van der Waals surface area contributed by atoms with Crippen LogP contribution in [0.5, 0.6) is 11.5 Å². The number of carbonyl (C=O) groups excluding carboxylic acids is 1. The largest absolute Gasteiger partial charge is 0.586 e. The summed E-state index contributed by atoms with van der Waals surface area (Å²) in [7, 11) is 0. The minimum absolute atomic E-state index is 0.0530. The van der Waals surface area contributed by atoms with Gasteiger partial charge in [0.05, 0.1) is 23.2 Å². The average molecular weight is 570 g/mol. The minimum atomic E-state index is -3.77. The Balaban J connectivity index is 1.32. The van der Waals surface area contributed by atoms with Crippen LogP contribution in [0.1, 0.15) is 50.8 Å². The number of halogens is 3. The molecule has 6 rings (SSSR count). The number of benzene rings is 2. The Morgan fingerprint density at radius 3 is 2.54 bits per heavy atom. The van der Waals surface area contributed by atoms with Crippen LogP contribution >= 0.6 is 0 Å². The van der Waals surface area contributed by atoms with Gasteiger partial charge in [0.1, 0.15) is 11.4 Å². The second kappa shape index (κ2) is 9.34. The Hall–Kier alpha value is -3.86. The van der Waals surface area contributed by atoms with Gasteiger partial charge in [-0.2, -0.15) is 0 Å². The van der Waals surface area contributed by atoms with Crippen molar-refractivity contribution in [3.8, 4) is 11.5 Å². The van der Waals surface area contributed by atoms with Gasteiger partial charge in [-0.1, -0.05) is 23.4 Å². The van der Waals surface area contributed by atoms with Crippen LogP contribution in [0.2, 0.25) is 0 Å². The molecule has 1 aromatic heterocycles. The van der Waals surface area contributed by atoms with E-state index in [0.29, 0.717) is 47.5 Å². The second-order valence-corrected chi connectivity index (χ2v) is 11.8. The van der Waals surface area contributed by atoms with Crippen LogP contribution in [0.3, 0.4) is 0 Å². The Kier molecular flexibility index (Phi) is 6.22. The molecule has 0 spiro atoms. The second-order valence-electron chi connectivity index (χ2n) is 11.8. The lowest BCUT2D eigenvalue weighted by atomic mass is 9.94. The first kappa shape index (κ1) is 27.3. The maximum atomic E-state index is 15.5. The number of alkyl halides is 2. The van der Waals surface area contributed by atoms with Crippen LogP contribution in [0.4, 0.5) is 18.9 Å². The molecule has 2 heterocycles. The van der Waals surface area contributed by atoms with Gasteiger partial charge in [0.15, 0.2) is 11.5 Å². The molecule has 41 heavy (non-hydrogen) atoms. The highest BCUT2D eigenvalue weighted by molar-refractivity contribution is 6.03. The van der Waals surface area contributed by atoms with Gasteiger partial charge >= 0.3 is 6.29 Å². The summed E-state index contributed by atoms with van der Waals surface area (Å²) in [4.78, 5) is 25.2. The first-order valence-corrected chi connectivity index (χ1v) is 13.6. The number of ether oxygens (including phenoxy) is 2. The number of rotatable bonds is 10. The monoisotopic (exact) mass is 569 g/mol. The third-order valence-corrected chi connectivity index (χ3v) is 8.48. The predicted molar refractivity (Wildman–Crippen MR) is 145 cm³/mol. The van der Waals surface area contributed by atoms with E-state index in [1.165, 1.54) is 30.3 Å². The standard InChI is InChI=1S/C30H30F3N3O5/c1-16(17-4-5-17)19(15-37)14-36-23-13-21(31)22(10-18(23)11-26(36)28(2,3)35-39)34-27(38)29(8-9-29)20-6-7-24-25(12-20)41-30(32,33)40-24/h6-7,10-13,17,19,37H,1,4-5,8-9,14-15H2,2-3H3,(H,34,38). The zero-order valence-electron chi connectivity index (χ0n) is 22.7. The summed E-state index contributed by atoms with van der Waals surface area (Å²) >= 11 is 0. The molecule has 11 heteroatoms. The Morgan fingerprint density at radius 1 is 1.20 bits per heavy atom. The zero-order chi connectivity index (χ0) is 29.3. The lowest BCUT2D eigenvalue weighted by Gasteiger charge is -2.24. The number of nitrogens with zero attached hydrogens (tertiary/aromatic N) is 2. The number of amides is 1. The van der Waals surface area contributed by atoms with Crippen LogP contribution in [0.25, 0.3) is 10.9 Å². The molecule has 2 fully saturated rings. The van der Waals surface area contributed by atoms with Gasteiger partial charge in [0.2, 0.25) is 5.91 Å². The molecule has 0 saturated heterocycles. The first-order chi connectivity index (χ1) is 19.4. The van der Waals surface area contributed by atoms with Crippen molar-refractivity contribution in [3.05, 3.63) is 70.5 Å². The molecule has 1 unspecified atom stereocenters. The number of aliphatic hydroxyl groups is 1. The molecule has 3 aromatic rings. The smallest absolute Gasteiger partial charge is 0.396 e. The predicted octanol–water partition coefficient (Wildman–Crippen LogP) is 6.35. The summed E-state index contributed by atoms with van der Waals surface area (Å²) in [6.07, 6.45) is -0.830. The van der Waals surface area contributed by atoms with Gasteiger partial charge in [-0.05, 0) is 75.3 Å². The van der Waals surface area contributed by atoms with Crippen LogP contribution in [0.15, 0.2) is 53.7 Å². The summed E-state index contributed by atoms with van der Waals surface area (Å²) in [6.45, 7) is 7.64. The topological polar surface area (TPSA) is 102 Å². The van der Waals surface area contributed by atoms with Crippen LogP contribution in [-0.4, -0.2) is 28.5 Å². The molecular formula is C30H30F3N3O5. The minimum Gasteiger partial charge on any atom is -0.396 e. The van der Waals surface area contributed by atoms with Crippen molar-refractivity contribution < 1.29 is 32.5 Å². The fraction of sp³-hybridized carbons (Fsp3) is 0.433. The van der Waals surface area contributed by atoms with Gasteiger partial charge in [-0.3, -0.25) is 4.79 Å². The number of nitroso groups, excluding NO2 is 1. The van der Waals surface area contributed by atoms with E-state index in [4.69, 9.17) is 0 Å². The van der Waals surface area contributed by atoms with Gasteiger partial charge in [0.25, 0.3) is 0 Å². The van der Waals surface area contributed by atoms with Crippen molar-refractivity contribution in [1.29, 1.82) is 0 Å². The molecule has 1 atom stereocenters. The van der Waals surface area contributed by atoms with Crippen LogP contribution in [-0.2, 0) is 22.3 Å². The van der Waals surface area contributed by atoms with Crippen molar-refractivity contribution in [3.63, 3.8) is 0 Å². The third kappa shape index (κ3) is 4.75. The third-order valence-electron chi connectivity index (χ3n) is 8.48. The van der Waals surface area contributed by atoms with Crippen LogP contribution < -0.4 is 14.8 Å². The van der Waals surface area contributed by atoms with Crippen molar-refractivity contribution in [2.45, 2.75) is 63.3 Å². The van der Waals surface area contributed by atoms with E-state index >= 15 is 4.39 Å². The Morgan fingerprint density at radius 2 is 1.90 bits per heavy atom. The molecule has 0 bridgehead atoms. The fourth-order valence-corrected chi connectivity index (χ4v) is 5.69. The molecule has 1 aliphatic heterocycles. The van der Waals surface area contributed by atoms with Crippen molar-refractivity contribution in [1.82, 2.24) is 4.57 Å². The van der Waals surface area contributed by atoms with E-state index in [2.05, 4.69) is 26.5 Å². The summed E-state index contributed by atoms with van der Waals surface area (Å²) in [6, 6.07) is 8.76. The lowest BCUT2D eigenvalue weighted by molar-refractivity contribution is -0.286. The van der Waals surface area contributed by atoms with E-state index in [-0.39, 0.29) is 29.7 Å². The lowest BCUT2D eigenvalue weighted by Crippen LogP contribution is -2.28. The maximum Gasteiger partial charge on any atom is 0.586 e. The number of hydrogen-bond donors (Lipinski definition) is 2. The van der Waals surface area contributed by atoms with Crippen molar-refractivity contribution in [2.75, 3.05) is 11.9 Å². The molecular weight excluding hydrogens is 539 g/mol. The summed E-state index contributed by atoms with van der Waals surface area (Å²) in [5, 5.41) is 16.7. The zero-order valence-corrected chi connectivity index (χ0v) is 22.7. The SMILES string of the molecule is C=C(C1CC1)C(CO)Cn1c(C(C)(C)N=O)cc2cc(NC(=O)C3(c4ccc5c(c4)OC(F)(F)O5)CC3)c(F)cc21. The summed E-state index contributed by atoms with van der Waals surface area (Å²) in [5.41, 5.74) is 0.223. The molecule has 2 saturated carbocycles. The number of aromatic nitrogens is 1. The first-order valence-electron chi connectivity index (χ1n) is 13.6. The summed E-state index contributed by atoms with van der Waals surface area (Å²) in [5.74, 6) is -1.37. The average Bonchev–Trinajstić information content (AvgIpc) is 3.85. The summed E-state index contributed by atoms with van der Waals surface area (Å²) < 4.78 is 53.3. The molecule has 8 nitrogen and oxygen atoms in total. The van der Waals surface area contributed by atoms with Crippen molar-refractivity contribution in [2.24, 2.45) is 17.0 Å². The van der Waals surface area contributed by atoms with E-state index in [1.54, 1.807) is 24.5 Å². The van der Waals surface area contributed by atoms with E-state index in [0.717, 1.165) is 18.4 Å². The number of hydrogen-bond acceptors (Lipinski definition) is 6. The van der Waals surface area contributed by atoms with Gasteiger partial charge < -0.3 is 24.5 Å². The normalized spacial score (nSPS) is 19.2. The molecule has 0 radical (unpaired) electrons. The van der Waals surface area contributed by atoms with Gasteiger partial charge in [-0.25, -0.2) is 4.39 Å². The Labute approximate surface area is 234 Å². The van der Waals surface area contributed by atoms with Gasteiger partial charge in [-0.15, -0.1) is 13.7 Å². The highest BCUT2D eigenvalue weighted by Gasteiger charge is 2.53. The molecule has 3 aliphatic rings. The molecule has 2 N–H and O–H groups in total. The molecule has 216 valence electrons. The van der Waals surface area contributed by atoms with Crippen molar-refractivity contribution >= 4 is 22.5 Å².